The van der Waals surface area contributed by atoms with Crippen molar-refractivity contribution in [3.05, 3.63) is 32.6 Å². The zero-order chi connectivity index (χ0) is 9.14. The molecular weight excluding hydrogens is 150 g/mol. The monoisotopic (exact) mass is 163 g/mol. The number of pyridine rings is 1. The molecule has 0 unspecified atom stereocenters. The minimum absolute atomic E-state index is 0.0850. The molecule has 0 aliphatic carbocycles. The molecule has 1 aromatic heterocycles. The van der Waals surface area contributed by atoms with E-state index in [2.05, 4.69) is 4.98 Å². The lowest BCUT2D eigenvalue weighted by molar-refractivity contribution is 1.11. The van der Waals surface area contributed by atoms with E-state index in [4.69, 9.17) is 0 Å². The van der Waals surface area contributed by atoms with Crippen molar-refractivity contribution < 1.29 is 0 Å². The number of hydrogen-bond donors (Lipinski definition) is 1. The van der Waals surface area contributed by atoms with Crippen LogP contribution in [0.1, 0.15) is 19.5 Å². The fourth-order valence-corrected chi connectivity index (χ4v) is 1.25. The van der Waals surface area contributed by atoms with E-state index >= 15 is 0 Å². The van der Waals surface area contributed by atoms with Gasteiger partial charge >= 0.3 is 0 Å². The molecule has 0 aliphatic rings. The summed E-state index contributed by atoms with van der Waals surface area (Å²) in [6.07, 6.45) is 3.73. The molecular formula is C10H13NO. The molecule has 2 heteroatoms. The molecule has 1 rings (SSSR count). The van der Waals surface area contributed by atoms with E-state index < -0.39 is 0 Å². The normalized spacial score (nSPS) is 13.9. The molecule has 0 saturated heterocycles. The van der Waals surface area contributed by atoms with Crippen LogP contribution >= 0.6 is 0 Å². The summed E-state index contributed by atoms with van der Waals surface area (Å²) in [7, 11) is 0. The maximum atomic E-state index is 11.4. The van der Waals surface area contributed by atoms with Gasteiger partial charge in [0.15, 0.2) is 5.43 Å². The van der Waals surface area contributed by atoms with Gasteiger partial charge in [-0.15, -0.1) is 0 Å². The topological polar surface area (TPSA) is 32.9 Å². The van der Waals surface area contributed by atoms with Crippen LogP contribution in [0.15, 0.2) is 10.9 Å². The van der Waals surface area contributed by atoms with Crippen molar-refractivity contribution in [1.29, 1.82) is 0 Å². The predicted molar refractivity (Wildman–Crippen MR) is 51.3 cm³/mol. The second-order valence-corrected chi connectivity index (χ2v) is 2.72. The Hall–Kier alpha value is -1.31. The van der Waals surface area contributed by atoms with Gasteiger partial charge in [-0.1, -0.05) is 12.2 Å². The number of rotatable bonds is 0. The number of hydrogen-bond acceptors (Lipinski definition) is 1. The molecule has 0 atom stereocenters. The first kappa shape index (κ1) is 8.78. The van der Waals surface area contributed by atoms with Crippen molar-refractivity contribution >= 4 is 12.2 Å². The van der Waals surface area contributed by atoms with Crippen LogP contribution in [-0.2, 0) is 0 Å². The summed E-state index contributed by atoms with van der Waals surface area (Å²) in [5.74, 6) is 0. The van der Waals surface area contributed by atoms with E-state index in [1.54, 1.807) is 6.07 Å². The predicted octanol–water partition coefficient (Wildman–Crippen LogP) is 0.284. The molecule has 2 nitrogen and oxygen atoms in total. The van der Waals surface area contributed by atoms with Gasteiger partial charge in [0, 0.05) is 22.3 Å². The molecule has 0 aromatic carbocycles. The second kappa shape index (κ2) is 3.39. The van der Waals surface area contributed by atoms with Gasteiger partial charge in [0.1, 0.15) is 0 Å². The molecule has 0 fully saturated rings. The molecule has 1 aromatic rings. The number of H-pyrrole nitrogens is 1. The summed E-state index contributed by atoms with van der Waals surface area (Å²) in [5, 5.41) is 1.66. The van der Waals surface area contributed by atoms with Gasteiger partial charge in [0.2, 0.25) is 0 Å². The van der Waals surface area contributed by atoms with Crippen LogP contribution in [0.5, 0.6) is 0 Å². The van der Waals surface area contributed by atoms with Gasteiger partial charge < -0.3 is 4.98 Å². The Morgan fingerprint density at radius 1 is 1.33 bits per heavy atom. The standard InChI is InChI=1S/C10H13NO/c1-4-8-9(5-2)11-7(3)6-10(8)12/h4-6,11H,1-3H3/b8-4+,9-5+. The molecule has 12 heavy (non-hydrogen) atoms. The zero-order valence-corrected chi connectivity index (χ0v) is 7.64. The fourth-order valence-electron chi connectivity index (χ4n) is 1.25. The van der Waals surface area contributed by atoms with Gasteiger partial charge in [-0.3, -0.25) is 4.79 Å². The number of aromatic nitrogens is 1. The largest absolute Gasteiger partial charge is 0.359 e. The van der Waals surface area contributed by atoms with Crippen molar-refractivity contribution in [2.45, 2.75) is 20.8 Å². The van der Waals surface area contributed by atoms with Crippen LogP contribution in [0.3, 0.4) is 0 Å². The van der Waals surface area contributed by atoms with E-state index in [-0.39, 0.29) is 5.43 Å². The Kier molecular flexibility index (Phi) is 2.48. The van der Waals surface area contributed by atoms with Crippen molar-refractivity contribution in [1.82, 2.24) is 4.98 Å². The highest BCUT2D eigenvalue weighted by molar-refractivity contribution is 5.26. The zero-order valence-electron chi connectivity index (χ0n) is 7.64. The Bertz CT molecular complexity index is 440. The third-order valence-electron chi connectivity index (χ3n) is 1.81. The van der Waals surface area contributed by atoms with Gasteiger partial charge in [-0.25, -0.2) is 0 Å². The third-order valence-corrected chi connectivity index (χ3v) is 1.81. The number of nitrogens with one attached hydrogen (secondary N) is 1. The summed E-state index contributed by atoms with van der Waals surface area (Å²) in [5.41, 5.74) is 0.987. The highest BCUT2D eigenvalue weighted by Gasteiger charge is 1.91. The first-order valence-corrected chi connectivity index (χ1v) is 4.01. The molecule has 1 heterocycles. The molecule has 0 amide bonds. The molecule has 0 saturated carbocycles. The average Bonchev–Trinajstić information content (AvgIpc) is 2.03. The summed E-state index contributed by atoms with van der Waals surface area (Å²) in [6.45, 7) is 5.67. The Balaban J connectivity index is 3.83. The fraction of sp³-hybridized carbons (Fsp3) is 0.300. The van der Waals surface area contributed by atoms with Crippen LogP contribution in [0, 0.1) is 6.92 Å². The van der Waals surface area contributed by atoms with Crippen molar-refractivity contribution in [2.75, 3.05) is 0 Å². The summed E-state index contributed by atoms with van der Waals surface area (Å²) in [4.78, 5) is 14.5. The van der Waals surface area contributed by atoms with Crippen LogP contribution in [0.4, 0.5) is 0 Å². The Morgan fingerprint density at radius 2 is 2.00 bits per heavy atom. The second-order valence-electron chi connectivity index (χ2n) is 2.72. The lowest BCUT2D eigenvalue weighted by Gasteiger charge is -1.93. The molecule has 0 spiro atoms. The van der Waals surface area contributed by atoms with Crippen LogP contribution in [0.25, 0.3) is 12.2 Å². The van der Waals surface area contributed by atoms with Gasteiger partial charge in [-0.2, -0.15) is 0 Å². The quantitative estimate of drug-likeness (QED) is 0.585. The van der Waals surface area contributed by atoms with Crippen molar-refractivity contribution in [3.8, 4) is 0 Å². The van der Waals surface area contributed by atoms with Gasteiger partial charge in [-0.05, 0) is 20.8 Å². The van der Waals surface area contributed by atoms with E-state index in [1.807, 2.05) is 32.9 Å². The molecule has 64 valence electrons. The first-order valence-electron chi connectivity index (χ1n) is 4.01. The minimum atomic E-state index is 0.0850. The highest BCUT2D eigenvalue weighted by Crippen LogP contribution is 1.75. The van der Waals surface area contributed by atoms with Gasteiger partial charge in [0.05, 0.1) is 0 Å². The Labute approximate surface area is 71.3 Å². The van der Waals surface area contributed by atoms with E-state index in [9.17, 15) is 4.79 Å². The maximum absolute atomic E-state index is 11.4. The summed E-state index contributed by atoms with van der Waals surface area (Å²) in [6, 6.07) is 1.61. The first-order chi connectivity index (χ1) is 5.69. The Morgan fingerprint density at radius 3 is 2.50 bits per heavy atom. The molecule has 0 bridgehead atoms. The van der Waals surface area contributed by atoms with Crippen LogP contribution < -0.4 is 16.0 Å². The lowest BCUT2D eigenvalue weighted by atomic mass is 10.2. The van der Waals surface area contributed by atoms with E-state index in [1.165, 1.54) is 0 Å². The van der Waals surface area contributed by atoms with Crippen molar-refractivity contribution in [3.63, 3.8) is 0 Å². The van der Waals surface area contributed by atoms with Crippen LogP contribution in [-0.4, -0.2) is 4.98 Å². The van der Waals surface area contributed by atoms with Crippen molar-refractivity contribution in [2.24, 2.45) is 0 Å². The molecule has 1 N–H and O–H groups in total. The molecule has 0 radical (unpaired) electrons. The van der Waals surface area contributed by atoms with E-state index in [0.29, 0.717) is 0 Å². The van der Waals surface area contributed by atoms with E-state index in [0.717, 1.165) is 16.3 Å². The molecule has 0 aliphatic heterocycles. The SMILES string of the molecule is C/C=c1/[nH]c(C)cc(=O)/c1=C/C. The minimum Gasteiger partial charge on any atom is -0.359 e. The van der Waals surface area contributed by atoms with Crippen LogP contribution in [0.2, 0.25) is 0 Å². The third kappa shape index (κ3) is 1.47. The average molecular weight is 163 g/mol. The lowest BCUT2D eigenvalue weighted by Crippen LogP contribution is -2.40. The summed E-state index contributed by atoms with van der Waals surface area (Å²) >= 11 is 0. The van der Waals surface area contributed by atoms with Gasteiger partial charge in [0.25, 0.3) is 0 Å². The maximum Gasteiger partial charge on any atom is 0.189 e. The number of aromatic amines is 1. The number of aryl methyl sites for hydroxylation is 1. The summed E-state index contributed by atoms with van der Waals surface area (Å²) < 4.78 is 0. The highest BCUT2D eigenvalue weighted by atomic mass is 16.1. The smallest absolute Gasteiger partial charge is 0.189 e.